The summed E-state index contributed by atoms with van der Waals surface area (Å²) in [6, 6.07) is 14.2. The van der Waals surface area contributed by atoms with E-state index in [0.717, 1.165) is 49.4 Å². The second-order valence-electron chi connectivity index (χ2n) is 11.7. The number of aromatic hydroxyl groups is 1. The molecule has 0 amide bonds. The zero-order valence-corrected chi connectivity index (χ0v) is 23.2. The first-order chi connectivity index (χ1) is 17.9. The van der Waals surface area contributed by atoms with Crippen LogP contribution in [0.2, 0.25) is 0 Å². The normalized spacial score (nSPS) is 29.6. The van der Waals surface area contributed by atoms with Gasteiger partial charge in [-0.1, -0.05) is 39.3 Å². The Kier molecular flexibility index (Phi) is 7.85. The Bertz CT molecular complexity index is 1090. The second-order valence-corrected chi connectivity index (χ2v) is 11.7. The first-order valence-electron chi connectivity index (χ1n) is 14.5. The van der Waals surface area contributed by atoms with E-state index in [-0.39, 0.29) is 5.41 Å². The van der Waals surface area contributed by atoms with Crippen molar-refractivity contribution < 1.29 is 14.6 Å². The zero-order chi connectivity index (χ0) is 26.0. The topological polar surface area (TPSA) is 41.9 Å². The third kappa shape index (κ3) is 5.27. The van der Waals surface area contributed by atoms with Crippen molar-refractivity contribution in [2.75, 3.05) is 32.8 Å². The molecule has 4 unspecified atom stereocenters. The van der Waals surface area contributed by atoms with Gasteiger partial charge in [0.05, 0.1) is 0 Å². The summed E-state index contributed by atoms with van der Waals surface area (Å²) >= 11 is 0. The fourth-order valence-corrected chi connectivity index (χ4v) is 7.85. The third-order valence-electron chi connectivity index (χ3n) is 9.88. The predicted molar refractivity (Wildman–Crippen MR) is 151 cm³/mol. The summed E-state index contributed by atoms with van der Waals surface area (Å²) in [5, 5.41) is 10.0. The van der Waals surface area contributed by atoms with Gasteiger partial charge in [-0.2, -0.15) is 0 Å². The SMILES string of the molecule is CCN(CC)CCOc1ccc(OCC=C2CCC3C4C(CCC23C)c2ccc(O)cc2C[C@H]4C)cc1. The molecular weight excluding hydrogens is 458 g/mol. The summed E-state index contributed by atoms with van der Waals surface area (Å²) < 4.78 is 12.1. The predicted octanol–water partition coefficient (Wildman–Crippen LogP) is 7.22. The average molecular weight is 504 g/mol. The van der Waals surface area contributed by atoms with Crippen LogP contribution in [0, 0.1) is 23.2 Å². The molecule has 0 aromatic heterocycles. The molecule has 0 aliphatic heterocycles. The van der Waals surface area contributed by atoms with Crippen LogP contribution in [0.5, 0.6) is 17.2 Å². The second kappa shape index (κ2) is 11.1. The minimum atomic E-state index is 0.287. The van der Waals surface area contributed by atoms with Gasteiger partial charge in [0.25, 0.3) is 0 Å². The molecule has 0 spiro atoms. The monoisotopic (exact) mass is 503 g/mol. The zero-order valence-electron chi connectivity index (χ0n) is 23.2. The molecule has 0 saturated heterocycles. The van der Waals surface area contributed by atoms with Gasteiger partial charge in [0.2, 0.25) is 0 Å². The Morgan fingerprint density at radius 3 is 2.49 bits per heavy atom. The lowest BCUT2D eigenvalue weighted by molar-refractivity contribution is 0.0488. The lowest BCUT2D eigenvalue weighted by atomic mass is 9.52. The molecule has 4 heteroatoms. The van der Waals surface area contributed by atoms with Crippen LogP contribution in [0.4, 0.5) is 0 Å². The summed E-state index contributed by atoms with van der Waals surface area (Å²) in [6.45, 7) is 13.7. The summed E-state index contributed by atoms with van der Waals surface area (Å²) in [6.07, 6.45) is 8.46. The van der Waals surface area contributed by atoms with Gasteiger partial charge in [0, 0.05) is 6.54 Å². The Morgan fingerprint density at radius 1 is 1.03 bits per heavy atom. The van der Waals surface area contributed by atoms with Crippen molar-refractivity contribution in [1.82, 2.24) is 4.90 Å². The molecule has 200 valence electrons. The first kappa shape index (κ1) is 26.2. The van der Waals surface area contributed by atoms with E-state index >= 15 is 0 Å². The van der Waals surface area contributed by atoms with E-state index in [1.165, 1.54) is 36.8 Å². The molecular formula is C33H45NO3. The Labute approximate surface area is 223 Å². The highest BCUT2D eigenvalue weighted by molar-refractivity contribution is 5.41. The number of phenols is 1. The molecule has 1 N–H and O–H groups in total. The van der Waals surface area contributed by atoms with E-state index < -0.39 is 0 Å². The van der Waals surface area contributed by atoms with Crippen LogP contribution in [0.15, 0.2) is 54.1 Å². The van der Waals surface area contributed by atoms with Crippen molar-refractivity contribution in [3.05, 3.63) is 65.2 Å². The maximum absolute atomic E-state index is 10.0. The Hall–Kier alpha value is -2.46. The van der Waals surface area contributed by atoms with Gasteiger partial charge in [-0.05, 0) is 128 Å². The number of nitrogens with zero attached hydrogens (tertiary/aromatic N) is 1. The van der Waals surface area contributed by atoms with Crippen molar-refractivity contribution in [2.45, 2.75) is 65.7 Å². The third-order valence-corrected chi connectivity index (χ3v) is 9.88. The van der Waals surface area contributed by atoms with Gasteiger partial charge >= 0.3 is 0 Å². The molecule has 2 saturated carbocycles. The number of hydrogen-bond acceptors (Lipinski definition) is 4. The molecule has 0 bridgehead atoms. The van der Waals surface area contributed by atoms with Crippen LogP contribution in [0.1, 0.15) is 70.4 Å². The number of phenolic OH excluding ortho intramolecular Hbond substituents is 1. The summed E-state index contributed by atoms with van der Waals surface area (Å²) in [5.41, 5.74) is 4.77. The Morgan fingerprint density at radius 2 is 1.76 bits per heavy atom. The van der Waals surface area contributed by atoms with Gasteiger partial charge in [-0.3, -0.25) is 0 Å². The molecule has 3 aliphatic carbocycles. The first-order valence-corrected chi connectivity index (χ1v) is 14.5. The van der Waals surface area contributed by atoms with E-state index in [4.69, 9.17) is 9.47 Å². The number of allylic oxidation sites excluding steroid dienone is 1. The van der Waals surface area contributed by atoms with Gasteiger partial charge in [0.1, 0.15) is 30.5 Å². The standard InChI is InChI=1S/C33H45NO3/c1-5-34(6-2)18-20-37-28-11-9-27(10-12-28)36-19-16-25-7-14-31-32-23(3)21-24-22-26(35)8-13-29(24)30(32)15-17-33(25,31)4/h8-13,16,22-23,30-32,35H,5-7,14-15,17-21H2,1-4H3/t23-,30?,31?,32?,33?/m1/s1. The smallest absolute Gasteiger partial charge is 0.120 e. The van der Waals surface area contributed by atoms with Crippen LogP contribution < -0.4 is 9.47 Å². The lowest BCUT2D eigenvalue weighted by Gasteiger charge is -2.52. The van der Waals surface area contributed by atoms with Crippen molar-refractivity contribution in [1.29, 1.82) is 0 Å². The van der Waals surface area contributed by atoms with E-state index in [2.05, 4.69) is 44.7 Å². The number of fused-ring (bicyclic) bond motifs is 5. The Balaban J connectivity index is 1.19. The molecule has 0 radical (unpaired) electrons. The summed E-state index contributed by atoms with van der Waals surface area (Å²) in [7, 11) is 0. The van der Waals surface area contributed by atoms with Gasteiger partial charge in [-0.25, -0.2) is 0 Å². The minimum Gasteiger partial charge on any atom is -0.508 e. The van der Waals surface area contributed by atoms with Crippen LogP contribution >= 0.6 is 0 Å². The molecule has 3 aliphatic rings. The summed E-state index contributed by atoms with van der Waals surface area (Å²) in [5.74, 6) is 4.98. The molecule has 2 aromatic carbocycles. The quantitative estimate of drug-likeness (QED) is 0.367. The van der Waals surface area contributed by atoms with Crippen molar-refractivity contribution in [3.63, 3.8) is 0 Å². The number of rotatable bonds is 9. The van der Waals surface area contributed by atoms with Gasteiger partial charge < -0.3 is 19.5 Å². The van der Waals surface area contributed by atoms with Gasteiger partial charge in [0.15, 0.2) is 0 Å². The van der Waals surface area contributed by atoms with Gasteiger partial charge in [-0.15, -0.1) is 0 Å². The number of hydrogen-bond donors (Lipinski definition) is 1. The number of ether oxygens (including phenoxy) is 2. The molecule has 2 aromatic rings. The van der Waals surface area contributed by atoms with Crippen molar-refractivity contribution in [2.24, 2.45) is 23.2 Å². The van der Waals surface area contributed by atoms with Crippen LogP contribution in [-0.4, -0.2) is 42.9 Å². The number of likely N-dealkylation sites (N-methyl/N-ethyl adjacent to an activating group) is 1. The van der Waals surface area contributed by atoms with Crippen molar-refractivity contribution in [3.8, 4) is 17.2 Å². The molecule has 2 fully saturated rings. The molecule has 4 nitrogen and oxygen atoms in total. The fourth-order valence-electron chi connectivity index (χ4n) is 7.85. The molecule has 5 rings (SSSR count). The largest absolute Gasteiger partial charge is 0.508 e. The average Bonchev–Trinajstić information content (AvgIpc) is 3.23. The van der Waals surface area contributed by atoms with E-state index in [9.17, 15) is 5.11 Å². The van der Waals surface area contributed by atoms with Crippen LogP contribution in [-0.2, 0) is 6.42 Å². The van der Waals surface area contributed by atoms with Crippen LogP contribution in [0.25, 0.3) is 0 Å². The number of benzene rings is 2. The van der Waals surface area contributed by atoms with Crippen LogP contribution in [0.3, 0.4) is 0 Å². The minimum absolute atomic E-state index is 0.287. The van der Waals surface area contributed by atoms with Crippen molar-refractivity contribution >= 4 is 0 Å². The maximum atomic E-state index is 10.0. The highest BCUT2D eigenvalue weighted by atomic mass is 16.5. The van der Waals surface area contributed by atoms with E-state index in [0.29, 0.717) is 30.8 Å². The summed E-state index contributed by atoms with van der Waals surface area (Å²) in [4.78, 5) is 2.37. The molecule has 0 heterocycles. The maximum Gasteiger partial charge on any atom is 0.120 e. The van der Waals surface area contributed by atoms with E-state index in [1.54, 1.807) is 5.57 Å². The molecule has 37 heavy (non-hydrogen) atoms. The highest BCUT2D eigenvalue weighted by Gasteiger charge is 2.54. The molecule has 5 atom stereocenters. The lowest BCUT2D eigenvalue weighted by Crippen LogP contribution is -2.43. The fraction of sp³-hybridized carbons (Fsp3) is 0.576. The van der Waals surface area contributed by atoms with E-state index in [1.807, 2.05) is 36.4 Å². The highest BCUT2D eigenvalue weighted by Crippen LogP contribution is 2.63.